The highest BCUT2D eigenvalue weighted by Gasteiger charge is 2.27. The van der Waals surface area contributed by atoms with Crippen molar-refractivity contribution in [3.63, 3.8) is 0 Å². The van der Waals surface area contributed by atoms with Gasteiger partial charge < -0.3 is 10.6 Å². The summed E-state index contributed by atoms with van der Waals surface area (Å²) in [5.74, 6) is 1.18. The molecule has 1 aliphatic heterocycles. The van der Waals surface area contributed by atoms with Gasteiger partial charge in [0.15, 0.2) is 0 Å². The van der Waals surface area contributed by atoms with E-state index in [-0.39, 0.29) is 0 Å². The average molecular weight is 301 g/mol. The molecule has 2 nitrogen and oxygen atoms in total. The van der Waals surface area contributed by atoms with E-state index in [1.54, 1.807) is 0 Å². The van der Waals surface area contributed by atoms with Gasteiger partial charge in [-0.3, -0.25) is 0 Å². The van der Waals surface area contributed by atoms with E-state index in [1.165, 1.54) is 11.4 Å². The fraction of sp³-hybridized carbons (Fsp3) is 0.500. The van der Waals surface area contributed by atoms with Crippen molar-refractivity contribution in [2.45, 2.75) is 18.6 Å². The Kier molecular flexibility index (Phi) is 3.40. The van der Waals surface area contributed by atoms with Gasteiger partial charge in [0.05, 0.1) is 5.69 Å². The number of nitrogens with two attached hydrogens (primary N) is 1. The molecule has 16 heavy (non-hydrogen) atoms. The van der Waals surface area contributed by atoms with Crippen molar-refractivity contribution in [2.75, 3.05) is 29.5 Å². The van der Waals surface area contributed by atoms with Gasteiger partial charge in [-0.05, 0) is 48.0 Å². The van der Waals surface area contributed by atoms with Gasteiger partial charge in [-0.2, -0.15) is 11.8 Å². The molecule has 4 heteroatoms. The molecule has 0 amide bonds. The summed E-state index contributed by atoms with van der Waals surface area (Å²) in [5, 5.41) is 0. The van der Waals surface area contributed by atoms with Crippen LogP contribution in [0.2, 0.25) is 0 Å². The van der Waals surface area contributed by atoms with Gasteiger partial charge in [-0.15, -0.1) is 0 Å². The minimum absolute atomic E-state index is 0.332. The normalized spacial score (nSPS) is 19.8. The lowest BCUT2D eigenvalue weighted by Gasteiger charge is -2.39. The smallest absolute Gasteiger partial charge is 0.0512 e. The van der Waals surface area contributed by atoms with E-state index in [2.05, 4.69) is 40.7 Å². The molecule has 0 radical (unpaired) electrons. The Balaban J connectivity index is 2.23. The zero-order valence-electron chi connectivity index (χ0n) is 9.66. The number of hydrogen-bond acceptors (Lipinski definition) is 3. The molecule has 0 saturated carbocycles. The first-order valence-corrected chi connectivity index (χ1v) is 7.20. The van der Waals surface area contributed by atoms with Crippen molar-refractivity contribution in [2.24, 2.45) is 0 Å². The summed E-state index contributed by atoms with van der Waals surface area (Å²) in [6.07, 6.45) is 0. The molecule has 1 aromatic rings. The van der Waals surface area contributed by atoms with Crippen LogP contribution in [0.25, 0.3) is 0 Å². The Labute approximate surface area is 110 Å². The van der Waals surface area contributed by atoms with Gasteiger partial charge in [0, 0.05) is 33.7 Å². The van der Waals surface area contributed by atoms with Crippen LogP contribution in [0.1, 0.15) is 13.8 Å². The number of hydrogen-bond donors (Lipinski definition) is 1. The van der Waals surface area contributed by atoms with E-state index in [0.29, 0.717) is 4.75 Å². The summed E-state index contributed by atoms with van der Waals surface area (Å²) < 4.78 is 1.43. The van der Waals surface area contributed by atoms with Crippen LogP contribution in [0.5, 0.6) is 0 Å². The van der Waals surface area contributed by atoms with Crippen LogP contribution >= 0.6 is 27.7 Å². The van der Waals surface area contributed by atoms with Crippen LogP contribution in [-0.2, 0) is 0 Å². The second-order valence-corrected chi connectivity index (χ2v) is 7.40. The predicted octanol–water partition coefficient (Wildman–Crippen LogP) is 3.36. The summed E-state index contributed by atoms with van der Waals surface area (Å²) in [6, 6.07) is 6.05. The second kappa shape index (κ2) is 4.49. The van der Waals surface area contributed by atoms with Crippen molar-refractivity contribution < 1.29 is 0 Å². The first kappa shape index (κ1) is 12.1. The van der Waals surface area contributed by atoms with Crippen LogP contribution in [0.3, 0.4) is 0 Å². The Morgan fingerprint density at radius 2 is 2.19 bits per heavy atom. The van der Waals surface area contributed by atoms with Gasteiger partial charge >= 0.3 is 0 Å². The molecule has 1 aliphatic rings. The van der Waals surface area contributed by atoms with Gasteiger partial charge in [-0.25, -0.2) is 0 Å². The Morgan fingerprint density at radius 3 is 2.81 bits per heavy atom. The standard InChI is InChI=1S/C12H17BrN2S/c1-12(2)8-15(5-6-16-12)11-4-3-9(14)7-10(11)13/h3-4,7H,5-6,8,14H2,1-2H3. The van der Waals surface area contributed by atoms with Crippen LogP contribution in [0.4, 0.5) is 11.4 Å². The maximum absolute atomic E-state index is 5.76. The molecule has 2 rings (SSSR count). The highest BCUT2D eigenvalue weighted by molar-refractivity contribution is 9.10. The number of thioether (sulfide) groups is 1. The Morgan fingerprint density at radius 1 is 1.44 bits per heavy atom. The molecule has 0 bridgehead atoms. The lowest BCUT2D eigenvalue weighted by atomic mass is 10.1. The van der Waals surface area contributed by atoms with Crippen molar-refractivity contribution in [3.8, 4) is 0 Å². The van der Waals surface area contributed by atoms with Gasteiger partial charge in [0.25, 0.3) is 0 Å². The fourth-order valence-electron chi connectivity index (χ4n) is 2.00. The zero-order valence-corrected chi connectivity index (χ0v) is 12.1. The number of benzene rings is 1. The van der Waals surface area contributed by atoms with Crippen molar-refractivity contribution in [1.82, 2.24) is 0 Å². The summed E-state index contributed by atoms with van der Waals surface area (Å²) >= 11 is 5.64. The monoisotopic (exact) mass is 300 g/mol. The predicted molar refractivity (Wildman–Crippen MR) is 77.3 cm³/mol. The average Bonchev–Trinajstić information content (AvgIpc) is 2.15. The van der Waals surface area contributed by atoms with Crippen molar-refractivity contribution in [1.29, 1.82) is 0 Å². The van der Waals surface area contributed by atoms with E-state index >= 15 is 0 Å². The largest absolute Gasteiger partial charge is 0.399 e. The van der Waals surface area contributed by atoms with Crippen LogP contribution in [-0.4, -0.2) is 23.6 Å². The molecule has 1 fully saturated rings. The first-order valence-electron chi connectivity index (χ1n) is 5.42. The lowest BCUT2D eigenvalue weighted by Crippen LogP contribution is -2.43. The Hall–Kier alpha value is -0.350. The molecule has 1 aromatic carbocycles. The quantitative estimate of drug-likeness (QED) is 0.807. The summed E-state index contributed by atoms with van der Waals surface area (Å²) in [5.41, 5.74) is 7.82. The van der Waals surface area contributed by atoms with Crippen molar-refractivity contribution in [3.05, 3.63) is 22.7 Å². The van der Waals surface area contributed by atoms with E-state index in [4.69, 9.17) is 5.73 Å². The minimum atomic E-state index is 0.332. The Bertz CT molecular complexity index is 393. The third-order valence-electron chi connectivity index (χ3n) is 2.74. The maximum Gasteiger partial charge on any atom is 0.0512 e. The maximum atomic E-state index is 5.76. The number of nitrogens with zero attached hydrogens (tertiary/aromatic N) is 1. The van der Waals surface area contributed by atoms with Crippen molar-refractivity contribution >= 4 is 39.1 Å². The summed E-state index contributed by atoms with van der Waals surface area (Å²) in [6.45, 7) is 6.79. The summed E-state index contributed by atoms with van der Waals surface area (Å²) in [4.78, 5) is 2.43. The number of halogens is 1. The summed E-state index contributed by atoms with van der Waals surface area (Å²) in [7, 11) is 0. The van der Waals surface area contributed by atoms with Gasteiger partial charge in [-0.1, -0.05) is 0 Å². The molecule has 2 N–H and O–H groups in total. The van der Waals surface area contributed by atoms with E-state index in [1.807, 2.05) is 23.9 Å². The molecule has 1 heterocycles. The molecular weight excluding hydrogens is 284 g/mol. The van der Waals surface area contributed by atoms with Crippen LogP contribution in [0.15, 0.2) is 22.7 Å². The van der Waals surface area contributed by atoms with Gasteiger partial charge in [0.1, 0.15) is 0 Å². The highest BCUT2D eigenvalue weighted by Crippen LogP contribution is 2.35. The SMILES string of the molecule is CC1(C)CN(c2ccc(N)cc2Br)CCS1. The highest BCUT2D eigenvalue weighted by atomic mass is 79.9. The van der Waals surface area contributed by atoms with E-state index in [9.17, 15) is 0 Å². The molecule has 0 aliphatic carbocycles. The molecule has 88 valence electrons. The van der Waals surface area contributed by atoms with Crippen LogP contribution in [0, 0.1) is 0 Å². The topological polar surface area (TPSA) is 29.3 Å². The molecule has 0 atom stereocenters. The molecular formula is C12H17BrN2S. The van der Waals surface area contributed by atoms with Gasteiger partial charge in [0.2, 0.25) is 0 Å². The molecule has 0 aromatic heterocycles. The second-order valence-electron chi connectivity index (χ2n) is 4.74. The third kappa shape index (κ3) is 2.66. The van der Waals surface area contributed by atoms with Crippen LogP contribution < -0.4 is 10.6 Å². The number of nitrogen functional groups attached to an aromatic ring is 1. The zero-order chi connectivity index (χ0) is 11.8. The van der Waals surface area contributed by atoms with E-state index in [0.717, 1.165) is 23.2 Å². The molecule has 0 unspecified atom stereocenters. The number of rotatable bonds is 1. The third-order valence-corrected chi connectivity index (χ3v) is 4.67. The number of anilines is 2. The van der Waals surface area contributed by atoms with E-state index < -0.39 is 0 Å². The fourth-order valence-corrected chi connectivity index (χ4v) is 3.76. The first-order chi connectivity index (χ1) is 7.48. The minimum Gasteiger partial charge on any atom is -0.399 e. The molecule has 0 spiro atoms. The molecule has 1 saturated heterocycles. The lowest BCUT2D eigenvalue weighted by molar-refractivity contribution is 0.647.